The van der Waals surface area contributed by atoms with Gasteiger partial charge in [0.25, 0.3) is 5.91 Å². The minimum Gasteiger partial charge on any atom is -0.339 e. The molecule has 0 N–H and O–H groups in total. The fourth-order valence-corrected chi connectivity index (χ4v) is 4.47. The summed E-state index contributed by atoms with van der Waals surface area (Å²) < 4.78 is 1.85. The molecule has 0 saturated heterocycles. The number of amides is 1. The Hall–Kier alpha value is -3.38. The first-order chi connectivity index (χ1) is 15.2. The summed E-state index contributed by atoms with van der Waals surface area (Å²) in [6.07, 6.45) is 9.69. The Morgan fingerprint density at radius 2 is 1.97 bits per heavy atom. The largest absolute Gasteiger partial charge is 0.339 e. The van der Waals surface area contributed by atoms with Crippen LogP contribution in [-0.2, 0) is 0 Å². The fraction of sp³-hybridized carbons (Fsp3) is 0.160. The van der Waals surface area contributed by atoms with Crippen LogP contribution in [0.25, 0.3) is 23.2 Å². The van der Waals surface area contributed by atoms with Crippen molar-refractivity contribution in [2.45, 2.75) is 28.7 Å². The normalized spacial score (nSPS) is 13.7. The highest BCUT2D eigenvalue weighted by Crippen LogP contribution is 2.34. The van der Waals surface area contributed by atoms with E-state index in [-0.39, 0.29) is 5.91 Å². The summed E-state index contributed by atoms with van der Waals surface area (Å²) in [7, 11) is 1.90. The van der Waals surface area contributed by atoms with Crippen molar-refractivity contribution >= 4 is 40.8 Å². The minimum atomic E-state index is 0.0926. The minimum absolute atomic E-state index is 0.0926. The Kier molecular flexibility index (Phi) is 5.30. The first kappa shape index (κ1) is 19.6. The van der Waals surface area contributed by atoms with Crippen LogP contribution in [0.2, 0.25) is 0 Å². The molecule has 5 rings (SSSR count). The number of pyridine rings is 1. The third-order valence-corrected chi connectivity index (χ3v) is 6.47. The van der Waals surface area contributed by atoms with E-state index in [1.807, 2.05) is 77.6 Å². The summed E-state index contributed by atoms with van der Waals surface area (Å²) in [4.78, 5) is 21.2. The Morgan fingerprint density at radius 1 is 1.13 bits per heavy atom. The van der Waals surface area contributed by atoms with Crippen LogP contribution in [-0.4, -0.2) is 38.7 Å². The van der Waals surface area contributed by atoms with Crippen LogP contribution in [0.4, 0.5) is 0 Å². The number of rotatable bonds is 6. The van der Waals surface area contributed by atoms with Crippen molar-refractivity contribution in [1.29, 1.82) is 0 Å². The van der Waals surface area contributed by atoms with Crippen LogP contribution in [0.3, 0.4) is 0 Å². The summed E-state index contributed by atoms with van der Waals surface area (Å²) in [5.41, 5.74) is 2.64. The molecule has 0 spiro atoms. The lowest BCUT2D eigenvalue weighted by Crippen LogP contribution is -2.29. The van der Waals surface area contributed by atoms with Gasteiger partial charge in [-0.15, -0.1) is 0 Å². The molecule has 0 bridgehead atoms. The van der Waals surface area contributed by atoms with Gasteiger partial charge >= 0.3 is 0 Å². The number of nitrogens with zero attached hydrogens (tertiary/aromatic N) is 4. The third kappa shape index (κ3) is 4.25. The van der Waals surface area contributed by atoms with E-state index in [2.05, 4.69) is 28.3 Å². The maximum atomic E-state index is 13.0. The van der Waals surface area contributed by atoms with E-state index in [1.54, 1.807) is 18.0 Å². The van der Waals surface area contributed by atoms with Crippen molar-refractivity contribution in [3.8, 4) is 0 Å². The van der Waals surface area contributed by atoms with Crippen molar-refractivity contribution in [2.24, 2.45) is 0 Å². The van der Waals surface area contributed by atoms with Crippen molar-refractivity contribution < 1.29 is 4.79 Å². The number of carbonyl (C=O) groups excluding carboxylic acids is 1. The van der Waals surface area contributed by atoms with Crippen molar-refractivity contribution in [1.82, 2.24) is 19.7 Å². The van der Waals surface area contributed by atoms with Gasteiger partial charge in [0.1, 0.15) is 0 Å². The van der Waals surface area contributed by atoms with Crippen molar-refractivity contribution in [3.05, 3.63) is 84.3 Å². The predicted molar refractivity (Wildman–Crippen MR) is 125 cm³/mol. The number of aromatic nitrogens is 3. The third-order valence-electron chi connectivity index (χ3n) is 5.40. The van der Waals surface area contributed by atoms with E-state index in [9.17, 15) is 4.79 Å². The lowest BCUT2D eigenvalue weighted by molar-refractivity contribution is 0.0781. The maximum Gasteiger partial charge on any atom is 0.254 e. The van der Waals surface area contributed by atoms with E-state index < -0.39 is 0 Å². The fourth-order valence-electron chi connectivity index (χ4n) is 3.50. The predicted octanol–water partition coefficient (Wildman–Crippen LogP) is 5.44. The summed E-state index contributed by atoms with van der Waals surface area (Å²) >= 11 is 1.61. The molecule has 0 aliphatic heterocycles. The molecule has 6 heteroatoms. The molecular formula is C25H22N4OS. The second-order valence-corrected chi connectivity index (χ2v) is 8.74. The molecule has 1 aliphatic rings. The highest BCUT2D eigenvalue weighted by molar-refractivity contribution is 7.99. The molecule has 1 saturated carbocycles. The molecule has 1 fully saturated rings. The number of carbonyl (C=O) groups is 1. The topological polar surface area (TPSA) is 51.0 Å². The highest BCUT2D eigenvalue weighted by Gasteiger charge is 2.30. The quantitative estimate of drug-likeness (QED) is 0.412. The van der Waals surface area contributed by atoms with Crippen LogP contribution >= 0.6 is 11.8 Å². The van der Waals surface area contributed by atoms with Gasteiger partial charge in [0.05, 0.1) is 23.0 Å². The Balaban J connectivity index is 1.43. The summed E-state index contributed by atoms with van der Waals surface area (Å²) in [6, 6.07) is 20.3. The lowest BCUT2D eigenvalue weighted by atomic mass is 10.2. The molecule has 2 heterocycles. The molecule has 0 radical (unpaired) electrons. The molecule has 154 valence electrons. The molecule has 1 aliphatic carbocycles. The molecular weight excluding hydrogens is 404 g/mol. The van der Waals surface area contributed by atoms with Crippen LogP contribution < -0.4 is 0 Å². The summed E-state index contributed by atoms with van der Waals surface area (Å²) in [5, 5.41) is 5.55. The Bertz CT molecular complexity index is 1260. The van der Waals surface area contributed by atoms with Crippen LogP contribution in [0.5, 0.6) is 0 Å². The van der Waals surface area contributed by atoms with E-state index in [4.69, 9.17) is 0 Å². The van der Waals surface area contributed by atoms with Gasteiger partial charge < -0.3 is 4.90 Å². The summed E-state index contributed by atoms with van der Waals surface area (Å²) in [6.45, 7) is 0. The average molecular weight is 427 g/mol. The van der Waals surface area contributed by atoms with Gasteiger partial charge in [-0.2, -0.15) is 5.10 Å². The van der Waals surface area contributed by atoms with Crippen molar-refractivity contribution in [3.63, 3.8) is 0 Å². The number of hydrogen-bond donors (Lipinski definition) is 0. The van der Waals surface area contributed by atoms with Crippen LogP contribution in [0.1, 0.15) is 28.9 Å². The van der Waals surface area contributed by atoms with E-state index >= 15 is 0 Å². The first-order valence-corrected chi connectivity index (χ1v) is 11.1. The lowest BCUT2D eigenvalue weighted by Gasteiger charge is -2.18. The van der Waals surface area contributed by atoms with Crippen LogP contribution in [0.15, 0.2) is 82.8 Å². The smallest absolute Gasteiger partial charge is 0.254 e. The second kappa shape index (κ2) is 8.40. The van der Waals surface area contributed by atoms with Gasteiger partial charge in [-0.1, -0.05) is 36.0 Å². The molecule has 31 heavy (non-hydrogen) atoms. The first-order valence-electron chi connectivity index (χ1n) is 10.3. The molecule has 5 nitrogen and oxygen atoms in total. The molecule has 2 aromatic heterocycles. The second-order valence-electron chi connectivity index (χ2n) is 7.63. The average Bonchev–Trinajstić information content (AvgIpc) is 3.58. The number of hydrogen-bond acceptors (Lipinski definition) is 4. The zero-order valence-electron chi connectivity index (χ0n) is 17.2. The van der Waals surface area contributed by atoms with E-state index in [0.717, 1.165) is 44.8 Å². The monoisotopic (exact) mass is 426 g/mol. The number of benzene rings is 2. The SMILES string of the molecule is CN(C(=O)c1ccccc1Sc1ccc2cnn(C=Cc3ccccn3)c2c1)C1CC1. The summed E-state index contributed by atoms with van der Waals surface area (Å²) in [5.74, 6) is 0.0926. The molecule has 1 amide bonds. The Morgan fingerprint density at radius 3 is 2.77 bits per heavy atom. The molecule has 0 atom stereocenters. The molecule has 4 aromatic rings. The van der Waals surface area contributed by atoms with E-state index in [0.29, 0.717) is 6.04 Å². The standard InChI is InChI=1S/C25H22N4OS/c1-28(20-10-11-20)25(30)22-7-2-3-8-24(22)31-21-12-9-18-17-27-29(23(18)16-21)15-13-19-6-4-5-14-26-19/h2-9,12-17,20H,10-11H2,1H3. The molecule has 0 unspecified atom stereocenters. The zero-order valence-corrected chi connectivity index (χ0v) is 18.0. The maximum absolute atomic E-state index is 13.0. The van der Waals surface area contributed by atoms with Gasteiger partial charge in [-0.05, 0) is 55.3 Å². The molecule has 2 aromatic carbocycles. The Labute approximate surface area is 185 Å². The van der Waals surface area contributed by atoms with Gasteiger partial charge in [0.2, 0.25) is 0 Å². The van der Waals surface area contributed by atoms with Crippen LogP contribution in [0, 0.1) is 0 Å². The zero-order chi connectivity index (χ0) is 21.2. The van der Waals surface area contributed by atoms with Gasteiger partial charge in [-0.3, -0.25) is 9.78 Å². The highest BCUT2D eigenvalue weighted by atomic mass is 32.2. The van der Waals surface area contributed by atoms with Gasteiger partial charge in [0.15, 0.2) is 0 Å². The van der Waals surface area contributed by atoms with Crippen molar-refractivity contribution in [2.75, 3.05) is 7.05 Å². The van der Waals surface area contributed by atoms with Gasteiger partial charge in [-0.25, -0.2) is 4.68 Å². The van der Waals surface area contributed by atoms with Gasteiger partial charge in [0, 0.05) is 40.7 Å². The number of fused-ring (bicyclic) bond motifs is 1. The van der Waals surface area contributed by atoms with E-state index in [1.165, 1.54) is 0 Å².